The molecule has 96 valence electrons. The monoisotopic (exact) mass is 258 g/mol. The number of anilines is 2. The first-order chi connectivity index (χ1) is 7.63. The number of nitrogens with two attached hydrogens (primary N) is 1. The number of carbonyl (C=O) groups excluding carboxylic acids is 1. The van der Waals surface area contributed by atoms with Crippen molar-refractivity contribution in [2.45, 2.75) is 26.7 Å². The molecule has 0 spiro atoms. The van der Waals surface area contributed by atoms with Crippen molar-refractivity contribution >= 4 is 29.7 Å². The van der Waals surface area contributed by atoms with Crippen LogP contribution < -0.4 is 15.8 Å². The fourth-order valence-electron chi connectivity index (χ4n) is 1.29. The molecule has 17 heavy (non-hydrogen) atoms. The highest BCUT2D eigenvalue weighted by atomic mass is 35.5. The number of amides is 1. The maximum atomic E-state index is 10.8. The average molecular weight is 259 g/mol. The van der Waals surface area contributed by atoms with Crippen molar-refractivity contribution in [3.05, 3.63) is 18.2 Å². The Labute approximate surface area is 108 Å². The third-order valence-electron chi connectivity index (χ3n) is 2.09. The second-order valence-electron chi connectivity index (χ2n) is 3.64. The molecule has 1 rings (SSSR count). The Bertz CT molecular complexity index is 370. The van der Waals surface area contributed by atoms with E-state index in [1.54, 1.807) is 18.2 Å². The maximum Gasteiger partial charge on any atom is 0.221 e. The van der Waals surface area contributed by atoms with Gasteiger partial charge >= 0.3 is 0 Å². The predicted octanol–water partition coefficient (Wildman–Crippen LogP) is 2.83. The van der Waals surface area contributed by atoms with Crippen LogP contribution in [0.25, 0.3) is 0 Å². The Morgan fingerprint density at radius 1 is 1.47 bits per heavy atom. The fraction of sp³-hybridized carbons (Fsp3) is 0.417. The summed E-state index contributed by atoms with van der Waals surface area (Å²) in [6, 6.07) is 5.25. The van der Waals surface area contributed by atoms with Crippen LogP contribution in [0.4, 0.5) is 11.4 Å². The molecule has 0 heterocycles. The van der Waals surface area contributed by atoms with Gasteiger partial charge in [0.25, 0.3) is 0 Å². The quantitative estimate of drug-likeness (QED) is 0.631. The van der Waals surface area contributed by atoms with E-state index in [-0.39, 0.29) is 18.3 Å². The summed E-state index contributed by atoms with van der Waals surface area (Å²) in [5, 5.41) is 2.67. The summed E-state index contributed by atoms with van der Waals surface area (Å²) in [5.41, 5.74) is 7.03. The fourth-order valence-corrected chi connectivity index (χ4v) is 1.29. The van der Waals surface area contributed by atoms with Gasteiger partial charge in [-0.3, -0.25) is 4.79 Å². The summed E-state index contributed by atoms with van der Waals surface area (Å²) in [6.45, 7) is 4.23. The van der Waals surface area contributed by atoms with E-state index in [4.69, 9.17) is 10.5 Å². The largest absolute Gasteiger partial charge is 0.491 e. The van der Waals surface area contributed by atoms with Crippen LogP contribution >= 0.6 is 12.4 Å². The first kappa shape index (κ1) is 15.6. The Morgan fingerprint density at radius 2 is 2.18 bits per heavy atom. The van der Waals surface area contributed by atoms with Crippen LogP contribution in [0, 0.1) is 0 Å². The van der Waals surface area contributed by atoms with Gasteiger partial charge < -0.3 is 15.8 Å². The van der Waals surface area contributed by atoms with Gasteiger partial charge in [-0.15, -0.1) is 12.4 Å². The first-order valence-electron chi connectivity index (χ1n) is 5.43. The lowest BCUT2D eigenvalue weighted by Crippen LogP contribution is -2.06. The summed E-state index contributed by atoms with van der Waals surface area (Å²) >= 11 is 0. The molecule has 3 N–H and O–H groups in total. The van der Waals surface area contributed by atoms with Gasteiger partial charge in [0.05, 0.1) is 12.3 Å². The van der Waals surface area contributed by atoms with Crippen molar-refractivity contribution in [1.29, 1.82) is 0 Å². The highest BCUT2D eigenvalue weighted by Crippen LogP contribution is 2.25. The van der Waals surface area contributed by atoms with E-state index in [1.807, 2.05) is 0 Å². The topological polar surface area (TPSA) is 64.3 Å². The molecule has 1 amide bonds. The molecule has 0 bridgehead atoms. The second kappa shape index (κ2) is 7.79. The summed E-state index contributed by atoms with van der Waals surface area (Å²) in [5.74, 6) is 0.557. The van der Waals surface area contributed by atoms with Gasteiger partial charge in [0, 0.05) is 12.6 Å². The number of rotatable bonds is 5. The van der Waals surface area contributed by atoms with Gasteiger partial charge in [-0.1, -0.05) is 13.3 Å². The molecule has 0 fully saturated rings. The van der Waals surface area contributed by atoms with E-state index in [2.05, 4.69) is 12.2 Å². The molecule has 0 aromatic heterocycles. The van der Waals surface area contributed by atoms with E-state index in [0.29, 0.717) is 23.7 Å². The van der Waals surface area contributed by atoms with Crippen LogP contribution in [-0.2, 0) is 4.79 Å². The number of carbonyl (C=O) groups is 1. The van der Waals surface area contributed by atoms with E-state index in [1.165, 1.54) is 6.92 Å². The molecule has 0 saturated carbocycles. The van der Waals surface area contributed by atoms with Gasteiger partial charge in [-0.2, -0.15) is 0 Å². The van der Waals surface area contributed by atoms with Crippen LogP contribution in [-0.4, -0.2) is 12.5 Å². The van der Waals surface area contributed by atoms with Crippen LogP contribution in [0.1, 0.15) is 26.7 Å². The average Bonchev–Trinajstić information content (AvgIpc) is 2.20. The lowest BCUT2D eigenvalue weighted by Gasteiger charge is -2.10. The van der Waals surface area contributed by atoms with Crippen LogP contribution in [0.15, 0.2) is 18.2 Å². The molecule has 5 heteroatoms. The molecule has 0 unspecified atom stereocenters. The van der Waals surface area contributed by atoms with Gasteiger partial charge in [0.2, 0.25) is 5.91 Å². The van der Waals surface area contributed by atoms with E-state index in [0.717, 1.165) is 12.8 Å². The molecule has 4 nitrogen and oxygen atoms in total. The van der Waals surface area contributed by atoms with Crippen LogP contribution in [0.2, 0.25) is 0 Å². The molecule has 0 aliphatic carbocycles. The standard InChI is InChI=1S/C12H18N2O2.ClH/c1-3-4-7-16-12-6-5-10(8-11(12)13)14-9(2)15;/h5-6,8H,3-4,7,13H2,1-2H3,(H,14,15);1H. The third-order valence-corrected chi connectivity index (χ3v) is 2.09. The van der Waals surface area contributed by atoms with Gasteiger partial charge in [0.1, 0.15) is 5.75 Å². The number of ether oxygens (including phenoxy) is 1. The summed E-state index contributed by atoms with van der Waals surface area (Å²) < 4.78 is 5.50. The molecule has 0 aliphatic rings. The molecule has 0 radical (unpaired) electrons. The van der Waals surface area contributed by atoms with Crippen LogP contribution in [0.5, 0.6) is 5.75 Å². The van der Waals surface area contributed by atoms with E-state index < -0.39 is 0 Å². The number of nitrogen functional groups attached to an aromatic ring is 1. The van der Waals surface area contributed by atoms with Crippen molar-refractivity contribution < 1.29 is 9.53 Å². The molecule has 0 saturated heterocycles. The maximum absolute atomic E-state index is 10.8. The third kappa shape index (κ3) is 5.45. The summed E-state index contributed by atoms with van der Waals surface area (Å²) in [6.07, 6.45) is 2.09. The Balaban J connectivity index is 0.00000256. The van der Waals surface area contributed by atoms with Gasteiger partial charge in [0.15, 0.2) is 0 Å². The summed E-state index contributed by atoms with van der Waals surface area (Å²) in [7, 11) is 0. The lowest BCUT2D eigenvalue weighted by molar-refractivity contribution is -0.114. The van der Waals surface area contributed by atoms with Crippen molar-refractivity contribution in [3.8, 4) is 5.75 Å². The highest BCUT2D eigenvalue weighted by Gasteiger charge is 2.02. The summed E-state index contributed by atoms with van der Waals surface area (Å²) in [4.78, 5) is 10.8. The van der Waals surface area contributed by atoms with Crippen molar-refractivity contribution in [2.75, 3.05) is 17.7 Å². The Kier molecular flexibility index (Phi) is 7.14. The van der Waals surface area contributed by atoms with E-state index in [9.17, 15) is 4.79 Å². The highest BCUT2D eigenvalue weighted by molar-refractivity contribution is 5.89. The molecule has 0 aliphatic heterocycles. The Hall–Kier alpha value is -1.42. The number of benzene rings is 1. The number of unbranched alkanes of at least 4 members (excludes halogenated alkanes) is 1. The zero-order valence-corrected chi connectivity index (χ0v) is 11.0. The lowest BCUT2D eigenvalue weighted by atomic mass is 10.2. The molecular formula is C12H19ClN2O2. The molecule has 0 atom stereocenters. The normalized spacial score (nSPS) is 9.29. The number of nitrogens with one attached hydrogen (secondary N) is 1. The second-order valence-corrected chi connectivity index (χ2v) is 3.64. The first-order valence-corrected chi connectivity index (χ1v) is 5.43. The zero-order chi connectivity index (χ0) is 12.0. The van der Waals surface area contributed by atoms with Crippen LogP contribution in [0.3, 0.4) is 0 Å². The Morgan fingerprint density at radius 3 is 2.71 bits per heavy atom. The van der Waals surface area contributed by atoms with E-state index >= 15 is 0 Å². The van der Waals surface area contributed by atoms with Gasteiger partial charge in [-0.05, 0) is 24.6 Å². The zero-order valence-electron chi connectivity index (χ0n) is 10.2. The smallest absolute Gasteiger partial charge is 0.221 e. The van der Waals surface area contributed by atoms with Crippen molar-refractivity contribution in [3.63, 3.8) is 0 Å². The SMILES string of the molecule is CCCCOc1ccc(NC(C)=O)cc1N.Cl. The minimum atomic E-state index is -0.112. The number of hydrogen-bond donors (Lipinski definition) is 2. The molecular weight excluding hydrogens is 240 g/mol. The number of hydrogen-bond acceptors (Lipinski definition) is 3. The molecule has 1 aromatic rings. The minimum Gasteiger partial charge on any atom is -0.491 e. The van der Waals surface area contributed by atoms with Crippen molar-refractivity contribution in [2.24, 2.45) is 0 Å². The number of halogens is 1. The van der Waals surface area contributed by atoms with Gasteiger partial charge in [-0.25, -0.2) is 0 Å². The molecule has 1 aromatic carbocycles. The minimum absolute atomic E-state index is 0. The predicted molar refractivity (Wildman–Crippen MR) is 72.8 cm³/mol. The van der Waals surface area contributed by atoms with Crippen molar-refractivity contribution in [1.82, 2.24) is 0 Å².